The minimum absolute atomic E-state index is 0. The Kier molecular flexibility index (Phi) is 79.6. The van der Waals surface area contributed by atoms with Gasteiger partial charge >= 0.3 is 79.5 Å². The maximum atomic E-state index is 11.2. The van der Waals surface area contributed by atoms with Gasteiger partial charge in [-0.05, 0) is 27.7 Å². The average Bonchev–Trinajstić information content (AvgIpc) is 1.67. The van der Waals surface area contributed by atoms with Gasteiger partial charge in [-0.15, -0.1) is 11.6 Å². The monoisotopic (exact) mass is 1780 g/mol. The third-order valence-electron chi connectivity index (χ3n) is 18.8. The molecule has 0 aromatic carbocycles. The molecule has 0 aliphatic carbocycles. The van der Waals surface area contributed by atoms with Crippen LogP contribution in [0.4, 0.5) is 0 Å². The Morgan fingerprint density at radius 2 is 0.605 bits per heavy atom. The summed E-state index contributed by atoms with van der Waals surface area (Å²) in [6.45, 7) is 26.7. The van der Waals surface area contributed by atoms with Gasteiger partial charge in [0, 0.05) is 209 Å². The zero-order valence-corrected chi connectivity index (χ0v) is 70.0. The van der Waals surface area contributed by atoms with Gasteiger partial charge in [-0.2, -0.15) is 0 Å². The summed E-state index contributed by atoms with van der Waals surface area (Å²) >= 11 is 4.98. The van der Waals surface area contributed by atoms with Gasteiger partial charge < -0.3 is 132 Å². The van der Waals surface area contributed by atoms with E-state index in [1.54, 1.807) is 39.2 Å². The Labute approximate surface area is 743 Å². The van der Waals surface area contributed by atoms with E-state index in [0.717, 1.165) is 105 Å². The number of esters is 1. The van der Waals surface area contributed by atoms with Gasteiger partial charge in [0.25, 0.3) is 0 Å². The number of fused-ring (bicyclic) bond motifs is 1. The molecule has 0 bridgehead atoms. The van der Waals surface area contributed by atoms with E-state index in [-0.39, 0.29) is 238 Å². The number of nitrogens with one attached hydrogen (secondary N) is 7. The first kappa shape index (κ1) is 127. The number of epoxide rings is 1. The van der Waals surface area contributed by atoms with E-state index in [2.05, 4.69) is 46.9 Å². The maximum Gasteiger partial charge on any atom is 2.00 e. The van der Waals surface area contributed by atoms with Crippen LogP contribution in [0.3, 0.4) is 0 Å². The first-order chi connectivity index (χ1) is 53.4. The van der Waals surface area contributed by atoms with Crippen molar-refractivity contribution >= 4 is 91.1 Å². The Morgan fingerprint density at radius 3 is 0.815 bits per heavy atom. The van der Waals surface area contributed by atoms with E-state index < -0.39 is 110 Å². The average molecular weight is 1780 g/mol. The van der Waals surface area contributed by atoms with Gasteiger partial charge in [0.05, 0.1) is 136 Å². The predicted octanol–water partition coefficient (Wildman–Crippen LogP) is -6.34. The molecule has 7 aliphatic rings. The van der Waals surface area contributed by atoms with E-state index >= 15 is 0 Å². The number of alkyl halides is 1. The molecule has 7 saturated heterocycles. The fraction of sp³-hybridized carbons (Fsp3) is 0.907. The van der Waals surface area contributed by atoms with Crippen molar-refractivity contribution in [3.8, 4) is 0 Å². The van der Waals surface area contributed by atoms with E-state index in [1.165, 1.54) is 7.11 Å². The molecular formula is C75H161CaClN16O26+2. The number of carboxylic acid groups (broad SMARTS) is 6. The molecule has 7 rings (SSSR count). The summed E-state index contributed by atoms with van der Waals surface area (Å²) in [5, 5.41) is 147. The number of hydrogen-bond donors (Lipinski definition) is 20. The van der Waals surface area contributed by atoms with Crippen LogP contribution in [0.15, 0.2) is 0 Å². The molecule has 119 heavy (non-hydrogen) atoms. The van der Waals surface area contributed by atoms with Crippen molar-refractivity contribution in [2.75, 3.05) is 315 Å². The molecule has 7 aliphatic heterocycles. The molecule has 7 heterocycles. The quantitative estimate of drug-likeness (QED) is 0.0207. The van der Waals surface area contributed by atoms with Crippen LogP contribution in [0.25, 0.3) is 0 Å². The number of carboxylic acids is 6. The zero-order chi connectivity index (χ0) is 83.3. The molecule has 0 radical (unpaired) electrons. The van der Waals surface area contributed by atoms with Crippen LogP contribution in [0.1, 0.15) is 72.3 Å². The molecule has 8 atom stereocenters. The Hall–Kier alpha value is -3.28. The van der Waals surface area contributed by atoms with Gasteiger partial charge in [0.15, 0.2) is 11.6 Å². The van der Waals surface area contributed by atoms with Crippen molar-refractivity contribution in [3.63, 3.8) is 0 Å². The second-order valence-corrected chi connectivity index (χ2v) is 28.7. The number of carbonyl (C=O) groups is 7. The predicted molar refractivity (Wildman–Crippen MR) is 456 cm³/mol. The maximum absolute atomic E-state index is 11.2. The fourth-order valence-electron chi connectivity index (χ4n) is 12.2. The number of aliphatic hydroxyl groups excluding tert-OH is 7. The number of aliphatic carboxylic acids is 6. The van der Waals surface area contributed by atoms with Crippen molar-refractivity contribution in [2.45, 2.75) is 132 Å². The number of carbonyl (C=O) groups excluding carboxylic acids is 1. The number of methoxy groups -OCH3 is 1. The molecule has 42 nitrogen and oxygen atoms in total. The van der Waals surface area contributed by atoms with E-state index in [1.807, 2.05) is 27.7 Å². The molecule has 7 fully saturated rings. The Morgan fingerprint density at radius 1 is 0.378 bits per heavy atom. The third kappa shape index (κ3) is 62.5. The third-order valence-corrected chi connectivity index (χ3v) is 19.0. The Balaban J connectivity index is -0.000000339. The summed E-state index contributed by atoms with van der Waals surface area (Å²) in [6, 6.07) is -1.61. The summed E-state index contributed by atoms with van der Waals surface area (Å²) < 4.78 is 31.6. The van der Waals surface area contributed by atoms with Crippen LogP contribution in [0.5, 0.6) is 0 Å². The molecule has 0 amide bonds. The second-order valence-electron chi connectivity index (χ2n) is 28.5. The smallest absolute Gasteiger partial charge is 0.480 e. The summed E-state index contributed by atoms with van der Waals surface area (Å²) in [4.78, 5) is 92.7. The van der Waals surface area contributed by atoms with Crippen molar-refractivity contribution in [3.05, 3.63) is 0 Å². The summed E-state index contributed by atoms with van der Waals surface area (Å²) in [5.74, 6) is -7.69. The molecule has 704 valence electrons. The molecule has 0 aromatic heterocycles. The summed E-state index contributed by atoms with van der Waals surface area (Å²) in [6.07, 6.45) is -2.34. The fourth-order valence-corrected chi connectivity index (χ4v) is 12.3. The van der Waals surface area contributed by atoms with Crippen molar-refractivity contribution in [2.24, 2.45) is 0 Å². The molecular weight excluding hydrogens is 1620 g/mol. The Bertz CT molecular complexity index is 2320. The number of hydrogen-bond acceptors (Lipinski definition) is 36. The summed E-state index contributed by atoms with van der Waals surface area (Å²) in [7, 11) is 1.30. The van der Waals surface area contributed by atoms with Crippen LogP contribution in [-0.2, 0) is 62.0 Å². The second kappa shape index (κ2) is 74.9. The SMILES string of the molecule is C.C.C.C.C.C.C1CNCCNCCNCCN1.CC1(C)OCC(O)C(N2CCNCCNCCNCC2)CO1.CC1(C)OCC2OC2CO1.COC(=O)CCl.O=C(O)CN1CCN(CC(=O)O)CCN([C@H](CO)[C@H](O)CO)CCN(CC(=O)O)CC1.O=C(O)CN1CCN(CC(=O)O)CCN([C@H](CO)[C@H](O)CO)CCN(CC(=O)O)CC1.[Ca+2]. The molecule has 0 saturated carbocycles. The van der Waals surface area contributed by atoms with E-state index in [0.29, 0.717) is 38.6 Å². The van der Waals surface area contributed by atoms with Gasteiger partial charge in [0.2, 0.25) is 0 Å². The van der Waals surface area contributed by atoms with Gasteiger partial charge in [-0.1, -0.05) is 44.6 Å². The zero-order valence-electron chi connectivity index (χ0n) is 67.1. The topological polar surface area (TPSA) is 555 Å². The number of ether oxygens (including phenoxy) is 6. The van der Waals surface area contributed by atoms with Crippen molar-refractivity contribution in [1.82, 2.24) is 81.3 Å². The first-order valence-corrected chi connectivity index (χ1v) is 39.1. The number of aliphatic hydroxyl groups is 7. The van der Waals surface area contributed by atoms with E-state index in [4.69, 9.17) is 45.5 Å². The van der Waals surface area contributed by atoms with Crippen LogP contribution in [-0.4, -0.2) is 565 Å². The first-order valence-electron chi connectivity index (χ1n) is 38.5. The van der Waals surface area contributed by atoms with E-state index in [9.17, 15) is 89.7 Å². The minimum atomic E-state index is -1.22. The standard InChI is InChI=1S/2C18H34N4O9.C15H32N4O3.C8H20N4.C7H12O3.C3H5ClO2.6CH4.Ca/c2*23-12-14(15(25)13-24)22-7-5-20(10-17(28)29)3-1-19(9-16(26)27)2-4-21(6-8-22)11-18(30)31;1-15(2)21-11-13(14(20)12-22-15)19-9-7-17-5-3-16-4-6-18-8-10-19;1-2-10-5-6-12-8-7-11-4-3-9-1;1-7(2)8-3-5-6(10-5)4-9-7;1-6-3(5)2-4;;;;;;;/h2*14-15,23-25H,1-13H2,(H,26,27)(H,28,29)(H,30,31);13-14,16-18,20H,3-12H2,1-2H3;9-12H,1-8H2;5-6H,3-4H2,1-2H3;2H2,1H3;6*1H4;/q;;;;;;;;;;;;+2/t2*14-,15-;;;;;;;;;;;/m11.........../s1. The minimum Gasteiger partial charge on any atom is -0.480 e. The van der Waals surface area contributed by atoms with Gasteiger partial charge in [0.1, 0.15) is 18.1 Å². The van der Waals surface area contributed by atoms with Gasteiger partial charge in [-0.3, -0.25) is 77.7 Å². The molecule has 20 N–H and O–H groups in total. The van der Waals surface area contributed by atoms with Crippen LogP contribution >= 0.6 is 11.6 Å². The van der Waals surface area contributed by atoms with Crippen molar-refractivity contribution in [1.29, 1.82) is 0 Å². The van der Waals surface area contributed by atoms with Gasteiger partial charge in [-0.25, -0.2) is 0 Å². The molecule has 0 spiro atoms. The molecule has 0 aromatic rings. The number of nitrogens with zero attached hydrogens (tertiary/aromatic N) is 9. The van der Waals surface area contributed by atoms with Crippen LogP contribution in [0.2, 0.25) is 0 Å². The van der Waals surface area contributed by atoms with Crippen molar-refractivity contribution < 1.29 is 128 Å². The number of rotatable bonds is 22. The largest absolute Gasteiger partial charge is 2.00 e. The van der Waals surface area contributed by atoms with Crippen LogP contribution < -0.4 is 37.2 Å². The normalized spacial score (nSPS) is 23.6. The number of halogens is 1. The van der Waals surface area contributed by atoms with Crippen LogP contribution in [0, 0.1) is 0 Å². The molecule has 4 unspecified atom stereocenters. The summed E-state index contributed by atoms with van der Waals surface area (Å²) in [5.41, 5.74) is 0. The molecule has 44 heteroatoms.